The molecule has 0 radical (unpaired) electrons. The Hall–Kier alpha value is -3.59. The molecule has 9 heteroatoms. The van der Waals surface area contributed by atoms with Crippen LogP contribution >= 0.6 is 0 Å². The van der Waals surface area contributed by atoms with E-state index in [0.717, 1.165) is 0 Å². The second kappa shape index (κ2) is 10.1. The van der Waals surface area contributed by atoms with Crippen LogP contribution in [0.15, 0.2) is 60.7 Å². The van der Waals surface area contributed by atoms with Crippen molar-refractivity contribution in [2.45, 2.75) is 39.8 Å². The van der Waals surface area contributed by atoms with E-state index in [-0.39, 0.29) is 19.3 Å². The van der Waals surface area contributed by atoms with E-state index in [1.807, 2.05) is 19.9 Å². The average molecular weight is 438 g/mol. The molecule has 1 aliphatic heterocycles. The summed E-state index contributed by atoms with van der Waals surface area (Å²) in [5.74, 6) is -1.13. The fourth-order valence-corrected chi connectivity index (χ4v) is 3.53. The van der Waals surface area contributed by atoms with Crippen molar-refractivity contribution in [3.8, 4) is 0 Å². The largest absolute Gasteiger partial charge is 0.452 e. The highest BCUT2D eigenvalue weighted by molar-refractivity contribution is 5.90. The van der Waals surface area contributed by atoms with Crippen molar-refractivity contribution >= 4 is 11.9 Å². The van der Waals surface area contributed by atoms with Crippen LogP contribution in [0.2, 0.25) is 0 Å². The van der Waals surface area contributed by atoms with Crippen LogP contribution in [0.1, 0.15) is 53.9 Å². The lowest BCUT2D eigenvalue weighted by Crippen LogP contribution is -2.50. The lowest BCUT2D eigenvalue weighted by Gasteiger charge is -2.42. The fourth-order valence-electron chi connectivity index (χ4n) is 3.53. The number of carbonyl (C=O) groups excluding carboxylic acids is 2. The highest BCUT2D eigenvalue weighted by Gasteiger charge is 2.47. The molecule has 3 unspecified atom stereocenters. The Balaban J connectivity index is 0.00000289. The minimum atomic E-state index is -1.14. The molecule has 1 N–H and O–H groups in total. The number of hydrogen-bond donors (Lipinski definition) is 1. The summed E-state index contributed by atoms with van der Waals surface area (Å²) in [5, 5.41) is 14.0. The van der Waals surface area contributed by atoms with Crippen LogP contribution in [0.5, 0.6) is 0 Å². The summed E-state index contributed by atoms with van der Waals surface area (Å²) in [4.78, 5) is 25.4. The third-order valence-corrected chi connectivity index (χ3v) is 5.48. The molecule has 2 heterocycles. The molecule has 0 aliphatic carbocycles. The van der Waals surface area contributed by atoms with Gasteiger partial charge in [0, 0.05) is 5.92 Å². The van der Waals surface area contributed by atoms with Crippen LogP contribution in [-0.2, 0) is 14.2 Å². The van der Waals surface area contributed by atoms with E-state index < -0.39 is 30.4 Å². The first-order valence-corrected chi connectivity index (χ1v) is 9.95. The smallest absolute Gasteiger partial charge is 0.340 e. The third-order valence-electron chi connectivity index (χ3n) is 5.48. The monoisotopic (exact) mass is 438 g/mol. The van der Waals surface area contributed by atoms with Crippen molar-refractivity contribution in [1.82, 2.24) is 20.6 Å². The summed E-state index contributed by atoms with van der Waals surface area (Å²) in [6.07, 6.45) is -2.55. The zero-order valence-corrected chi connectivity index (χ0v) is 17.0. The number of nitrogens with zero attached hydrogens (tertiary/aromatic N) is 3. The summed E-state index contributed by atoms with van der Waals surface area (Å²) >= 11 is 0. The molecule has 1 saturated heterocycles. The topological polar surface area (TPSA) is 116 Å². The Bertz CT molecular complexity index is 1010. The maximum atomic E-state index is 12.7. The van der Waals surface area contributed by atoms with Gasteiger partial charge >= 0.3 is 11.9 Å². The molecule has 0 spiro atoms. The number of ether oxygens (including phenoxy) is 3. The van der Waals surface area contributed by atoms with Crippen molar-refractivity contribution in [1.29, 1.82) is 0 Å². The van der Waals surface area contributed by atoms with Crippen LogP contribution in [0.3, 0.4) is 0 Å². The molecule has 3 aromatic rings. The number of rotatable bonds is 5. The number of aromatic nitrogens is 4. The molecule has 0 saturated carbocycles. The predicted molar refractivity (Wildman–Crippen MR) is 114 cm³/mol. The second-order valence-corrected chi connectivity index (χ2v) is 7.42. The van der Waals surface area contributed by atoms with Crippen molar-refractivity contribution < 1.29 is 23.8 Å². The third kappa shape index (κ3) is 4.83. The van der Waals surface area contributed by atoms with Gasteiger partial charge in [0.15, 0.2) is 6.10 Å². The van der Waals surface area contributed by atoms with E-state index in [9.17, 15) is 9.59 Å². The van der Waals surface area contributed by atoms with Gasteiger partial charge in [0.05, 0.1) is 11.1 Å². The van der Waals surface area contributed by atoms with Crippen LogP contribution in [-0.4, -0.2) is 45.0 Å². The number of hydrogen-bond acceptors (Lipinski definition) is 8. The molecule has 2 aromatic carbocycles. The molecule has 0 bridgehead atoms. The lowest BCUT2D eigenvalue weighted by molar-refractivity contribution is -0.252. The highest BCUT2D eigenvalue weighted by atomic mass is 16.7. The van der Waals surface area contributed by atoms with Gasteiger partial charge in [-0.25, -0.2) is 9.59 Å². The molecular formula is C23H26N4O5. The Morgan fingerprint density at radius 3 is 1.97 bits per heavy atom. The number of nitrogens with one attached hydrogen (secondary N) is 1. The maximum Gasteiger partial charge on any atom is 0.340 e. The van der Waals surface area contributed by atoms with E-state index in [4.69, 9.17) is 14.2 Å². The molecule has 5 atom stereocenters. The Morgan fingerprint density at radius 1 is 0.875 bits per heavy atom. The van der Waals surface area contributed by atoms with Gasteiger partial charge in [-0.3, -0.25) is 0 Å². The van der Waals surface area contributed by atoms with Gasteiger partial charge in [-0.2, -0.15) is 5.21 Å². The number of benzene rings is 2. The zero-order chi connectivity index (χ0) is 21.8. The number of H-pyrrole nitrogens is 1. The van der Waals surface area contributed by atoms with Crippen LogP contribution < -0.4 is 0 Å². The fraction of sp³-hybridized carbons (Fsp3) is 0.348. The van der Waals surface area contributed by atoms with Gasteiger partial charge in [0.25, 0.3) is 0 Å². The molecule has 1 fully saturated rings. The molecular weight excluding hydrogens is 412 g/mol. The first-order chi connectivity index (χ1) is 15.0. The van der Waals surface area contributed by atoms with Gasteiger partial charge in [0.2, 0.25) is 12.1 Å². The Morgan fingerprint density at radius 2 is 1.44 bits per heavy atom. The summed E-state index contributed by atoms with van der Waals surface area (Å²) in [6, 6.07) is 17.2. The average Bonchev–Trinajstić information content (AvgIpc) is 3.34. The van der Waals surface area contributed by atoms with Crippen LogP contribution in [0.4, 0.5) is 0 Å². The van der Waals surface area contributed by atoms with E-state index >= 15 is 0 Å². The van der Waals surface area contributed by atoms with Crippen molar-refractivity contribution in [2.75, 3.05) is 0 Å². The van der Waals surface area contributed by atoms with Crippen molar-refractivity contribution in [2.24, 2.45) is 11.8 Å². The van der Waals surface area contributed by atoms with E-state index in [1.165, 1.54) is 0 Å². The maximum absolute atomic E-state index is 12.7. The number of esters is 2. The summed E-state index contributed by atoms with van der Waals surface area (Å²) < 4.78 is 17.5. The van der Waals surface area contributed by atoms with Gasteiger partial charge in [-0.15, -0.1) is 10.2 Å². The normalized spacial score (nSPS) is 24.8. The highest BCUT2D eigenvalue weighted by Crippen LogP contribution is 2.40. The number of carbonyl (C=O) groups is 2. The minimum Gasteiger partial charge on any atom is -0.452 e. The Labute approximate surface area is 186 Å². The van der Waals surface area contributed by atoms with E-state index in [1.54, 1.807) is 54.6 Å². The summed E-state index contributed by atoms with van der Waals surface area (Å²) in [6.45, 7) is 3.84. The molecule has 1 aromatic heterocycles. The summed E-state index contributed by atoms with van der Waals surface area (Å²) in [7, 11) is 0. The molecule has 32 heavy (non-hydrogen) atoms. The van der Waals surface area contributed by atoms with Crippen LogP contribution in [0, 0.1) is 11.8 Å². The summed E-state index contributed by atoms with van der Waals surface area (Å²) in [5.41, 5.74) is 0.761. The zero-order valence-electron chi connectivity index (χ0n) is 17.0. The first kappa shape index (κ1) is 23.1. The van der Waals surface area contributed by atoms with Crippen molar-refractivity contribution in [3.05, 3.63) is 77.6 Å². The molecule has 168 valence electrons. The van der Waals surface area contributed by atoms with Gasteiger partial charge in [-0.1, -0.05) is 62.9 Å². The standard InChI is InChI=1S/C22H22N4O5.CH4/c1-13-14(2)18(29-20(27)15-9-5-3-6-10-15)22(30-17(13)19-23-25-26-24-19)31-21(28)16-11-7-4-8-12-16;/h3-14,17-18,22H,1-2H3,(H,23,24,25,26);1H4/t13-,14-,17?,18?,22?;/m0./s1. The number of tetrazole rings is 1. The van der Waals surface area contributed by atoms with Gasteiger partial charge < -0.3 is 14.2 Å². The van der Waals surface area contributed by atoms with Crippen molar-refractivity contribution in [3.63, 3.8) is 0 Å². The van der Waals surface area contributed by atoms with E-state index in [0.29, 0.717) is 17.0 Å². The number of aromatic amines is 1. The minimum absolute atomic E-state index is 0. The molecule has 4 rings (SSSR count). The lowest BCUT2D eigenvalue weighted by atomic mass is 9.83. The molecule has 0 amide bonds. The van der Waals surface area contributed by atoms with Gasteiger partial charge in [-0.05, 0) is 30.2 Å². The van der Waals surface area contributed by atoms with Crippen LogP contribution in [0.25, 0.3) is 0 Å². The van der Waals surface area contributed by atoms with E-state index in [2.05, 4.69) is 20.6 Å². The first-order valence-electron chi connectivity index (χ1n) is 9.95. The second-order valence-electron chi connectivity index (χ2n) is 7.42. The van der Waals surface area contributed by atoms with Gasteiger partial charge in [0.1, 0.15) is 6.10 Å². The SMILES string of the molecule is C.C[C@@H]1C(c2nn[nH]n2)OC(OC(=O)c2ccccc2)C(OC(=O)c2ccccc2)[C@H]1C. The quantitative estimate of drug-likeness (QED) is 0.601. The predicted octanol–water partition coefficient (Wildman–Crippen LogP) is 3.59. The molecule has 9 nitrogen and oxygen atoms in total. The Kier molecular flexibility index (Phi) is 7.32. The molecule has 1 aliphatic rings.